The lowest BCUT2D eigenvalue weighted by molar-refractivity contribution is -0.399. The fourth-order valence-corrected chi connectivity index (χ4v) is 2.76. The van der Waals surface area contributed by atoms with Gasteiger partial charge in [0.25, 0.3) is 0 Å². The van der Waals surface area contributed by atoms with Gasteiger partial charge in [-0.2, -0.15) is 26.3 Å². The largest absolute Gasteiger partial charge is 0.453 e. The molecule has 1 rings (SSSR count). The number of halogens is 7. The predicted molar refractivity (Wildman–Crippen MR) is 59.8 cm³/mol. The first-order valence-corrected chi connectivity index (χ1v) is 6.69. The summed E-state index contributed by atoms with van der Waals surface area (Å²) in [6, 6.07) is -1.60. The Hall–Kier alpha value is -0.510. The van der Waals surface area contributed by atoms with Gasteiger partial charge >= 0.3 is 24.0 Å². The van der Waals surface area contributed by atoms with Crippen molar-refractivity contribution in [1.82, 2.24) is 4.90 Å². The molecule has 20 heavy (non-hydrogen) atoms. The Morgan fingerprint density at radius 2 is 1.70 bits per heavy atom. The molecule has 1 atom stereocenters. The van der Waals surface area contributed by atoms with Gasteiger partial charge in [0.1, 0.15) is 6.04 Å². The van der Waals surface area contributed by atoms with E-state index in [4.69, 9.17) is 0 Å². The first-order chi connectivity index (χ1) is 8.88. The summed E-state index contributed by atoms with van der Waals surface area (Å²) in [6.45, 7) is 3.17. The van der Waals surface area contributed by atoms with Crippen molar-refractivity contribution in [1.29, 1.82) is 0 Å². The zero-order valence-electron chi connectivity index (χ0n) is 10.5. The SMILES string of the molecule is CC(C)CC1C(=O)OC(C(F)(F)F)(C(F)(F)F)N1CBr. The molecule has 3 nitrogen and oxygen atoms in total. The maximum Gasteiger partial charge on any atom is 0.453 e. The lowest BCUT2D eigenvalue weighted by Gasteiger charge is -2.38. The highest BCUT2D eigenvalue weighted by molar-refractivity contribution is 9.09. The number of carbonyl (C=O) groups is 1. The number of cyclic esters (lactones) is 1. The van der Waals surface area contributed by atoms with Crippen LogP contribution in [0.15, 0.2) is 0 Å². The lowest BCUT2D eigenvalue weighted by atomic mass is 10.0. The van der Waals surface area contributed by atoms with E-state index in [-0.39, 0.29) is 17.2 Å². The van der Waals surface area contributed by atoms with Crippen LogP contribution in [-0.4, -0.2) is 40.4 Å². The molecule has 0 spiro atoms. The van der Waals surface area contributed by atoms with Crippen molar-refractivity contribution in [2.24, 2.45) is 5.92 Å². The number of alkyl halides is 7. The topological polar surface area (TPSA) is 29.5 Å². The Bertz CT molecular complexity index is 367. The first kappa shape index (κ1) is 17.5. The molecule has 0 aromatic carbocycles. The quantitative estimate of drug-likeness (QED) is 0.329. The summed E-state index contributed by atoms with van der Waals surface area (Å²) in [5.74, 6) is -1.79. The van der Waals surface area contributed by atoms with E-state index in [2.05, 4.69) is 20.7 Å². The summed E-state index contributed by atoms with van der Waals surface area (Å²) in [7, 11) is 0. The van der Waals surface area contributed by atoms with Crippen LogP contribution < -0.4 is 0 Å². The minimum Gasteiger partial charge on any atom is -0.423 e. The molecule has 1 fully saturated rings. The number of ether oxygens (including phenoxy) is 1. The molecule has 0 saturated carbocycles. The van der Waals surface area contributed by atoms with Crippen LogP contribution in [0.5, 0.6) is 0 Å². The molecule has 0 aromatic rings. The minimum atomic E-state index is -5.79. The van der Waals surface area contributed by atoms with Gasteiger partial charge in [0.05, 0.1) is 5.45 Å². The van der Waals surface area contributed by atoms with Gasteiger partial charge in [-0.25, -0.2) is 4.90 Å². The normalized spacial score (nSPS) is 24.3. The molecule has 0 aromatic heterocycles. The van der Waals surface area contributed by atoms with Crippen LogP contribution in [0.2, 0.25) is 0 Å². The summed E-state index contributed by atoms with van der Waals surface area (Å²) < 4.78 is 81.6. The number of hydrogen-bond acceptors (Lipinski definition) is 3. The maximum absolute atomic E-state index is 13.0. The van der Waals surface area contributed by atoms with Gasteiger partial charge in [-0.3, -0.25) is 4.79 Å². The lowest BCUT2D eigenvalue weighted by Crippen LogP contribution is -2.66. The van der Waals surface area contributed by atoms with E-state index >= 15 is 0 Å². The van der Waals surface area contributed by atoms with Crippen molar-refractivity contribution >= 4 is 21.9 Å². The second kappa shape index (κ2) is 5.36. The Morgan fingerprint density at radius 1 is 1.25 bits per heavy atom. The number of hydrogen-bond donors (Lipinski definition) is 0. The van der Waals surface area contributed by atoms with E-state index in [1.165, 1.54) is 0 Å². The predicted octanol–water partition coefficient (Wildman–Crippen LogP) is 3.43. The summed E-state index contributed by atoms with van der Waals surface area (Å²) >= 11 is 2.59. The molecule has 1 saturated heterocycles. The average molecular weight is 372 g/mol. The number of nitrogens with zero attached hydrogens (tertiary/aromatic N) is 1. The van der Waals surface area contributed by atoms with E-state index in [1.54, 1.807) is 13.8 Å². The fraction of sp³-hybridized carbons (Fsp3) is 0.900. The summed E-state index contributed by atoms with van der Waals surface area (Å²) in [5.41, 5.74) is -5.39. The Labute approximate surface area is 119 Å². The molecule has 0 N–H and O–H groups in total. The molecule has 10 heteroatoms. The van der Waals surface area contributed by atoms with Crippen molar-refractivity contribution in [2.45, 2.75) is 44.4 Å². The van der Waals surface area contributed by atoms with E-state index in [0.717, 1.165) is 0 Å². The molecule has 1 heterocycles. The average Bonchev–Trinajstić information content (AvgIpc) is 2.50. The van der Waals surface area contributed by atoms with Crippen molar-refractivity contribution < 1.29 is 35.9 Å². The minimum absolute atomic E-state index is 0.0324. The van der Waals surface area contributed by atoms with Gasteiger partial charge < -0.3 is 4.74 Å². The van der Waals surface area contributed by atoms with Gasteiger partial charge in [0, 0.05) is 0 Å². The third kappa shape index (κ3) is 2.63. The smallest absolute Gasteiger partial charge is 0.423 e. The van der Waals surface area contributed by atoms with Crippen LogP contribution in [0.25, 0.3) is 0 Å². The fourth-order valence-electron chi connectivity index (χ4n) is 2.06. The second-order valence-electron chi connectivity index (χ2n) is 4.80. The second-order valence-corrected chi connectivity index (χ2v) is 5.30. The van der Waals surface area contributed by atoms with Crippen LogP contribution in [0.4, 0.5) is 26.3 Å². The standard InChI is InChI=1S/C10H12BrF6NO2/c1-5(2)3-6-7(19)20-8(9(12,13)14,10(15,16)17)18(6)4-11/h5-6H,3-4H2,1-2H3. The van der Waals surface area contributed by atoms with Crippen molar-refractivity contribution in [3.05, 3.63) is 0 Å². The van der Waals surface area contributed by atoms with Gasteiger partial charge in [-0.05, 0) is 12.3 Å². The Kier molecular flexibility index (Phi) is 4.70. The van der Waals surface area contributed by atoms with Gasteiger partial charge in [0.15, 0.2) is 0 Å². The van der Waals surface area contributed by atoms with Gasteiger partial charge in [-0.1, -0.05) is 29.8 Å². The molecule has 0 aliphatic carbocycles. The number of carbonyl (C=O) groups excluding carboxylic acids is 1. The zero-order chi connectivity index (χ0) is 15.9. The summed E-state index contributed by atoms with van der Waals surface area (Å²) in [6.07, 6.45) is -11.8. The van der Waals surface area contributed by atoms with Crippen molar-refractivity contribution in [2.75, 3.05) is 5.45 Å². The van der Waals surface area contributed by atoms with E-state index in [1.807, 2.05) is 0 Å². The highest BCUT2D eigenvalue weighted by Gasteiger charge is 2.81. The highest BCUT2D eigenvalue weighted by atomic mass is 79.9. The molecular formula is C10H12BrF6NO2. The number of rotatable bonds is 3. The molecule has 1 aliphatic heterocycles. The molecule has 0 amide bonds. The van der Waals surface area contributed by atoms with Crippen LogP contribution in [0, 0.1) is 5.92 Å². The van der Waals surface area contributed by atoms with Crippen molar-refractivity contribution in [3.63, 3.8) is 0 Å². The maximum atomic E-state index is 13.0. The van der Waals surface area contributed by atoms with E-state index in [9.17, 15) is 31.1 Å². The molecule has 0 bridgehead atoms. The first-order valence-electron chi connectivity index (χ1n) is 5.57. The summed E-state index contributed by atoms with van der Waals surface area (Å²) in [4.78, 5) is 11.5. The van der Waals surface area contributed by atoms with Crippen LogP contribution >= 0.6 is 15.9 Å². The van der Waals surface area contributed by atoms with Crippen LogP contribution in [0.1, 0.15) is 20.3 Å². The molecular weight excluding hydrogens is 360 g/mol. The van der Waals surface area contributed by atoms with Crippen LogP contribution in [0.3, 0.4) is 0 Å². The molecule has 0 radical (unpaired) electrons. The Morgan fingerprint density at radius 3 is 2.00 bits per heavy atom. The molecule has 1 aliphatic rings. The molecule has 1 unspecified atom stereocenters. The van der Waals surface area contributed by atoms with Gasteiger partial charge in [0.2, 0.25) is 0 Å². The van der Waals surface area contributed by atoms with Crippen molar-refractivity contribution in [3.8, 4) is 0 Å². The van der Waals surface area contributed by atoms with E-state index < -0.39 is 35.5 Å². The highest BCUT2D eigenvalue weighted by Crippen LogP contribution is 2.52. The monoisotopic (exact) mass is 371 g/mol. The third-order valence-electron chi connectivity index (χ3n) is 2.89. The van der Waals surface area contributed by atoms with E-state index in [0.29, 0.717) is 0 Å². The zero-order valence-corrected chi connectivity index (χ0v) is 12.1. The summed E-state index contributed by atoms with van der Waals surface area (Å²) in [5, 5.41) is 0. The van der Waals surface area contributed by atoms with Crippen LogP contribution in [-0.2, 0) is 9.53 Å². The number of esters is 1. The molecule has 118 valence electrons. The Balaban J connectivity index is 3.36. The van der Waals surface area contributed by atoms with Gasteiger partial charge in [-0.15, -0.1) is 0 Å². The third-order valence-corrected chi connectivity index (χ3v) is 3.43.